The molecule has 132 valence electrons. The van der Waals surface area contributed by atoms with Crippen LogP contribution in [0, 0.1) is 12.8 Å². The van der Waals surface area contributed by atoms with Crippen molar-refractivity contribution in [1.29, 1.82) is 0 Å². The number of hydrogen-bond donors (Lipinski definition) is 0. The van der Waals surface area contributed by atoms with Crippen LogP contribution in [0.4, 0.5) is 0 Å². The molecule has 0 amide bonds. The first kappa shape index (κ1) is 19.5. The Morgan fingerprint density at radius 2 is 1.13 bits per heavy atom. The molecule has 0 saturated heterocycles. The van der Waals surface area contributed by atoms with Crippen molar-refractivity contribution >= 4 is 0 Å². The molecule has 0 aliphatic rings. The molecule has 0 N–H and O–H groups in total. The highest BCUT2D eigenvalue weighted by molar-refractivity contribution is 5.67. The molecular weight excluding hydrogens is 292 g/mol. The third kappa shape index (κ3) is 4.24. The van der Waals surface area contributed by atoms with Gasteiger partial charge in [0.2, 0.25) is 0 Å². The fourth-order valence-electron chi connectivity index (χ4n) is 3.11. The fraction of sp³-hybridized carbons (Fsp3) is 0.684. The highest BCUT2D eigenvalue weighted by Gasteiger charge is 2.28. The number of benzene rings is 1. The van der Waals surface area contributed by atoms with Gasteiger partial charge >= 0.3 is 0 Å². The van der Waals surface area contributed by atoms with Gasteiger partial charge in [-0.15, -0.1) is 0 Å². The average molecular weight is 324 g/mol. The van der Waals surface area contributed by atoms with Crippen molar-refractivity contribution in [1.82, 2.24) is 0 Å². The molecule has 1 aromatic carbocycles. The van der Waals surface area contributed by atoms with Crippen LogP contribution in [0.25, 0.3) is 0 Å². The Morgan fingerprint density at radius 3 is 1.48 bits per heavy atom. The van der Waals surface area contributed by atoms with E-state index >= 15 is 0 Å². The Hall–Kier alpha value is -1.58. The molecule has 1 atom stereocenters. The zero-order valence-electron chi connectivity index (χ0n) is 15.9. The summed E-state index contributed by atoms with van der Waals surface area (Å²) in [5, 5.41) is 0. The molecule has 23 heavy (non-hydrogen) atoms. The van der Waals surface area contributed by atoms with Gasteiger partial charge in [0.25, 0.3) is 0 Å². The van der Waals surface area contributed by atoms with Crippen LogP contribution in [0.2, 0.25) is 0 Å². The molecule has 0 saturated carbocycles. The van der Waals surface area contributed by atoms with Gasteiger partial charge < -0.3 is 18.9 Å². The number of methoxy groups -OCH3 is 4. The van der Waals surface area contributed by atoms with Crippen LogP contribution in [-0.2, 0) is 0 Å². The minimum absolute atomic E-state index is 0.294. The first-order chi connectivity index (χ1) is 10.9. The monoisotopic (exact) mass is 324 g/mol. The third-order valence-electron chi connectivity index (χ3n) is 4.31. The van der Waals surface area contributed by atoms with E-state index in [-0.39, 0.29) is 0 Å². The second-order valence-electron chi connectivity index (χ2n) is 6.40. The Bertz CT molecular complexity index is 476. The van der Waals surface area contributed by atoms with E-state index in [9.17, 15) is 0 Å². The van der Waals surface area contributed by atoms with Gasteiger partial charge in [-0.1, -0.05) is 33.6 Å². The molecule has 4 nitrogen and oxygen atoms in total. The molecule has 0 fully saturated rings. The van der Waals surface area contributed by atoms with Gasteiger partial charge in [0.1, 0.15) is 0 Å². The van der Waals surface area contributed by atoms with E-state index in [1.165, 1.54) is 12.8 Å². The summed E-state index contributed by atoms with van der Waals surface area (Å²) in [5.74, 6) is 3.95. The van der Waals surface area contributed by atoms with Crippen molar-refractivity contribution in [3.8, 4) is 23.0 Å². The third-order valence-corrected chi connectivity index (χ3v) is 4.31. The van der Waals surface area contributed by atoms with Crippen molar-refractivity contribution in [3.63, 3.8) is 0 Å². The van der Waals surface area contributed by atoms with Gasteiger partial charge in [0, 0.05) is 11.1 Å². The van der Waals surface area contributed by atoms with Crippen molar-refractivity contribution in [2.24, 2.45) is 5.92 Å². The summed E-state index contributed by atoms with van der Waals surface area (Å²) in [6, 6.07) is 0. The maximum atomic E-state index is 5.68. The molecule has 0 bridgehead atoms. The maximum absolute atomic E-state index is 5.68. The molecule has 4 heteroatoms. The summed E-state index contributed by atoms with van der Waals surface area (Å²) >= 11 is 0. The second-order valence-corrected chi connectivity index (χ2v) is 6.40. The van der Waals surface area contributed by atoms with E-state index in [2.05, 4.69) is 20.8 Å². The van der Waals surface area contributed by atoms with Crippen LogP contribution in [0.1, 0.15) is 57.1 Å². The van der Waals surface area contributed by atoms with Crippen LogP contribution in [0.5, 0.6) is 23.0 Å². The number of rotatable bonds is 9. The lowest BCUT2D eigenvalue weighted by Crippen LogP contribution is -2.07. The minimum atomic E-state index is 0.294. The number of ether oxygens (including phenoxy) is 4. The quantitative estimate of drug-likeness (QED) is 0.643. The Labute approximate surface area is 141 Å². The van der Waals surface area contributed by atoms with Crippen molar-refractivity contribution < 1.29 is 18.9 Å². The molecule has 0 radical (unpaired) electrons. The lowest BCUT2D eigenvalue weighted by molar-refractivity contribution is 0.316. The standard InChI is InChI=1S/C19H32O4/c1-12(2)10-9-11-13(3)15-18(22-7)16(20-5)14(4)17(21-6)19(15)23-8/h12-13H,9-11H2,1-8H3/t13-/m1/s1. The molecule has 0 aliphatic heterocycles. The first-order valence-corrected chi connectivity index (χ1v) is 8.29. The predicted octanol–water partition coefficient (Wildman–Crippen LogP) is 4.96. The van der Waals surface area contributed by atoms with Gasteiger partial charge in [-0.3, -0.25) is 0 Å². The average Bonchev–Trinajstić information content (AvgIpc) is 2.52. The van der Waals surface area contributed by atoms with Crippen LogP contribution in [0.3, 0.4) is 0 Å². The summed E-state index contributed by atoms with van der Waals surface area (Å²) in [5.41, 5.74) is 1.92. The van der Waals surface area contributed by atoms with E-state index in [0.29, 0.717) is 11.8 Å². The normalized spacial score (nSPS) is 12.2. The van der Waals surface area contributed by atoms with Gasteiger partial charge in [0.05, 0.1) is 28.4 Å². The van der Waals surface area contributed by atoms with Crippen LogP contribution < -0.4 is 18.9 Å². The highest BCUT2D eigenvalue weighted by Crippen LogP contribution is 2.51. The van der Waals surface area contributed by atoms with Crippen LogP contribution in [-0.4, -0.2) is 28.4 Å². The van der Waals surface area contributed by atoms with E-state index in [1.54, 1.807) is 28.4 Å². The summed E-state index contributed by atoms with van der Waals surface area (Å²) < 4.78 is 22.5. The SMILES string of the molecule is COc1c(C)c(OC)c(OC)c([C@H](C)CCCC(C)C)c1OC. The lowest BCUT2D eigenvalue weighted by atomic mass is 9.90. The molecule has 0 unspecified atom stereocenters. The smallest absolute Gasteiger partial charge is 0.168 e. The molecule has 0 heterocycles. The zero-order chi connectivity index (χ0) is 17.6. The molecule has 1 rings (SSSR count). The summed E-state index contributed by atoms with van der Waals surface area (Å²) in [7, 11) is 6.66. The fourth-order valence-corrected chi connectivity index (χ4v) is 3.11. The van der Waals surface area contributed by atoms with E-state index in [4.69, 9.17) is 18.9 Å². The Kier molecular flexibility index (Phi) is 7.53. The molecular formula is C19H32O4. The zero-order valence-corrected chi connectivity index (χ0v) is 15.9. The van der Waals surface area contributed by atoms with Gasteiger partial charge in [-0.05, 0) is 25.2 Å². The minimum Gasteiger partial charge on any atom is -0.492 e. The van der Waals surface area contributed by atoms with Gasteiger partial charge in [-0.2, -0.15) is 0 Å². The van der Waals surface area contributed by atoms with Crippen molar-refractivity contribution in [2.45, 2.75) is 52.9 Å². The van der Waals surface area contributed by atoms with E-state index < -0.39 is 0 Å². The summed E-state index contributed by atoms with van der Waals surface area (Å²) in [6.07, 6.45) is 3.46. The Balaban J connectivity index is 3.36. The molecule has 0 aromatic heterocycles. The molecule has 0 aliphatic carbocycles. The predicted molar refractivity (Wildman–Crippen MR) is 94.5 cm³/mol. The van der Waals surface area contributed by atoms with Gasteiger partial charge in [-0.25, -0.2) is 0 Å². The largest absolute Gasteiger partial charge is 0.492 e. The maximum Gasteiger partial charge on any atom is 0.168 e. The second kappa shape index (κ2) is 8.90. The topological polar surface area (TPSA) is 36.9 Å². The molecule has 1 aromatic rings. The first-order valence-electron chi connectivity index (χ1n) is 8.29. The summed E-state index contributed by atoms with van der Waals surface area (Å²) in [4.78, 5) is 0. The van der Waals surface area contributed by atoms with Crippen LogP contribution >= 0.6 is 0 Å². The molecule has 0 spiro atoms. The van der Waals surface area contributed by atoms with Crippen LogP contribution in [0.15, 0.2) is 0 Å². The summed E-state index contributed by atoms with van der Waals surface area (Å²) in [6.45, 7) is 8.67. The van der Waals surface area contributed by atoms with Gasteiger partial charge in [0.15, 0.2) is 23.0 Å². The van der Waals surface area contributed by atoms with E-state index in [0.717, 1.165) is 40.5 Å². The van der Waals surface area contributed by atoms with Crippen molar-refractivity contribution in [2.75, 3.05) is 28.4 Å². The lowest BCUT2D eigenvalue weighted by Gasteiger charge is -2.25. The van der Waals surface area contributed by atoms with E-state index in [1.807, 2.05) is 6.92 Å². The van der Waals surface area contributed by atoms with Crippen molar-refractivity contribution in [3.05, 3.63) is 11.1 Å². The number of hydrogen-bond acceptors (Lipinski definition) is 4. The highest BCUT2D eigenvalue weighted by atomic mass is 16.5. The Morgan fingerprint density at radius 1 is 0.696 bits per heavy atom.